The molecule has 2 rings (SSSR count). The third-order valence-corrected chi connectivity index (χ3v) is 3.83. The first-order valence-corrected chi connectivity index (χ1v) is 6.57. The van der Waals surface area contributed by atoms with Gasteiger partial charge in [-0.15, -0.1) is 0 Å². The van der Waals surface area contributed by atoms with E-state index in [1.165, 1.54) is 4.90 Å². The molecule has 0 aliphatic heterocycles. The van der Waals surface area contributed by atoms with Crippen LogP contribution in [0.1, 0.15) is 28.8 Å². The molecule has 1 amide bonds. The highest BCUT2D eigenvalue weighted by Gasteiger charge is 2.34. The van der Waals surface area contributed by atoms with Crippen LogP contribution in [-0.4, -0.2) is 34.5 Å². The lowest BCUT2D eigenvalue weighted by Gasteiger charge is -2.20. The number of halogens is 1. The molecule has 0 aromatic heterocycles. The van der Waals surface area contributed by atoms with Gasteiger partial charge >= 0.3 is 5.97 Å². The zero-order valence-electron chi connectivity index (χ0n) is 10.0. The first kappa shape index (κ1) is 13.1. The molecule has 5 heteroatoms. The Hall–Kier alpha value is -1.36. The van der Waals surface area contributed by atoms with Gasteiger partial charge in [-0.3, -0.25) is 9.59 Å². The number of carbonyl (C=O) groups excluding carboxylic acids is 1. The lowest BCUT2D eigenvalue weighted by Crippen LogP contribution is -2.37. The monoisotopic (exact) mass is 311 g/mol. The minimum absolute atomic E-state index is 0.0914. The maximum Gasteiger partial charge on any atom is 0.323 e. The first-order chi connectivity index (χ1) is 8.49. The van der Waals surface area contributed by atoms with Crippen LogP contribution in [0.15, 0.2) is 22.7 Å². The van der Waals surface area contributed by atoms with Gasteiger partial charge in [0.1, 0.15) is 6.54 Å². The van der Waals surface area contributed by atoms with E-state index in [0.717, 1.165) is 22.9 Å². The van der Waals surface area contributed by atoms with Crippen molar-refractivity contribution in [2.75, 3.05) is 6.54 Å². The summed E-state index contributed by atoms with van der Waals surface area (Å²) in [5.74, 6) is -1.18. The Morgan fingerprint density at radius 3 is 2.61 bits per heavy atom. The Labute approximate surface area is 114 Å². The molecule has 1 aliphatic rings. The summed E-state index contributed by atoms with van der Waals surface area (Å²) in [5.41, 5.74) is 1.57. The largest absolute Gasteiger partial charge is 0.480 e. The van der Waals surface area contributed by atoms with Crippen molar-refractivity contribution in [3.05, 3.63) is 33.8 Å². The quantitative estimate of drug-likeness (QED) is 0.929. The molecule has 0 atom stereocenters. The number of rotatable bonds is 4. The van der Waals surface area contributed by atoms with Gasteiger partial charge in [-0.05, 0) is 37.5 Å². The molecular formula is C13H14BrNO3. The number of carboxylic acids is 1. The number of carbonyl (C=O) groups is 2. The van der Waals surface area contributed by atoms with E-state index in [2.05, 4.69) is 15.9 Å². The molecule has 18 heavy (non-hydrogen) atoms. The number of aliphatic carboxylic acids is 1. The lowest BCUT2D eigenvalue weighted by molar-refractivity contribution is -0.137. The number of hydrogen-bond acceptors (Lipinski definition) is 2. The number of hydrogen-bond donors (Lipinski definition) is 1. The second-order valence-corrected chi connectivity index (χ2v) is 5.38. The van der Waals surface area contributed by atoms with Crippen LogP contribution >= 0.6 is 15.9 Å². The fourth-order valence-electron chi connectivity index (χ4n) is 1.79. The molecule has 0 spiro atoms. The summed E-state index contributed by atoms with van der Waals surface area (Å²) in [6.07, 6.45) is 1.79. The summed E-state index contributed by atoms with van der Waals surface area (Å²) >= 11 is 3.38. The fourth-order valence-corrected chi connectivity index (χ4v) is 2.17. The molecule has 1 saturated carbocycles. The van der Waals surface area contributed by atoms with E-state index >= 15 is 0 Å². The summed E-state index contributed by atoms with van der Waals surface area (Å²) in [4.78, 5) is 24.5. The summed E-state index contributed by atoms with van der Waals surface area (Å²) in [6, 6.07) is 5.42. The van der Waals surface area contributed by atoms with Gasteiger partial charge in [0.15, 0.2) is 0 Å². The van der Waals surface area contributed by atoms with Gasteiger partial charge in [0.05, 0.1) is 0 Å². The minimum Gasteiger partial charge on any atom is -0.480 e. The number of aryl methyl sites for hydroxylation is 1. The van der Waals surface area contributed by atoms with Gasteiger partial charge in [0.2, 0.25) is 0 Å². The maximum absolute atomic E-state index is 12.3. The smallest absolute Gasteiger partial charge is 0.323 e. The lowest BCUT2D eigenvalue weighted by atomic mass is 10.1. The Morgan fingerprint density at radius 2 is 2.11 bits per heavy atom. The van der Waals surface area contributed by atoms with E-state index < -0.39 is 5.97 Å². The van der Waals surface area contributed by atoms with E-state index in [9.17, 15) is 9.59 Å². The molecular weight excluding hydrogens is 298 g/mol. The van der Waals surface area contributed by atoms with Gasteiger partial charge in [-0.1, -0.05) is 22.0 Å². The number of benzene rings is 1. The minimum atomic E-state index is -0.971. The molecule has 0 heterocycles. The highest BCUT2D eigenvalue weighted by Crippen LogP contribution is 2.28. The van der Waals surface area contributed by atoms with Gasteiger partial charge in [0.25, 0.3) is 5.91 Å². The van der Waals surface area contributed by atoms with Crippen LogP contribution in [0.5, 0.6) is 0 Å². The molecule has 0 saturated heterocycles. The van der Waals surface area contributed by atoms with Crippen molar-refractivity contribution < 1.29 is 14.7 Å². The van der Waals surface area contributed by atoms with Gasteiger partial charge in [0, 0.05) is 16.1 Å². The number of nitrogens with zero attached hydrogens (tertiary/aromatic N) is 1. The van der Waals surface area contributed by atoms with Crippen LogP contribution < -0.4 is 0 Å². The first-order valence-electron chi connectivity index (χ1n) is 5.78. The average molecular weight is 312 g/mol. The van der Waals surface area contributed by atoms with E-state index in [4.69, 9.17) is 5.11 Å². The average Bonchev–Trinajstić information content (AvgIpc) is 3.12. The zero-order valence-corrected chi connectivity index (χ0v) is 11.6. The van der Waals surface area contributed by atoms with Gasteiger partial charge in [-0.25, -0.2) is 0 Å². The molecule has 4 nitrogen and oxygen atoms in total. The standard InChI is InChI=1S/C13H14BrNO3/c1-8-2-3-9(6-11(8)14)13(18)15(7-12(16)17)10-4-5-10/h2-3,6,10H,4-5,7H2,1H3,(H,16,17). The predicted octanol–water partition coefficient (Wildman–Crippen LogP) is 2.45. The molecule has 1 aliphatic carbocycles. The second kappa shape index (κ2) is 5.10. The Morgan fingerprint density at radius 1 is 1.44 bits per heavy atom. The summed E-state index contributed by atoms with van der Waals surface area (Å²) in [6.45, 7) is 1.71. The SMILES string of the molecule is Cc1ccc(C(=O)N(CC(=O)O)C2CC2)cc1Br. The topological polar surface area (TPSA) is 57.6 Å². The van der Waals surface area contributed by atoms with Crippen molar-refractivity contribution in [3.63, 3.8) is 0 Å². The number of carboxylic acid groups (broad SMARTS) is 1. The van der Waals surface area contributed by atoms with Crippen molar-refractivity contribution in [3.8, 4) is 0 Å². The van der Waals surface area contributed by atoms with Crippen LogP contribution in [0.4, 0.5) is 0 Å². The predicted molar refractivity (Wildman–Crippen MR) is 70.6 cm³/mol. The molecule has 1 N–H and O–H groups in total. The van der Waals surface area contributed by atoms with Gasteiger partial charge in [-0.2, -0.15) is 0 Å². The highest BCUT2D eigenvalue weighted by atomic mass is 79.9. The third kappa shape index (κ3) is 2.90. The summed E-state index contributed by atoms with van der Waals surface area (Å²) in [7, 11) is 0. The second-order valence-electron chi connectivity index (χ2n) is 4.52. The molecule has 1 fully saturated rings. The van der Waals surface area contributed by atoms with E-state index in [1.54, 1.807) is 12.1 Å². The summed E-state index contributed by atoms with van der Waals surface area (Å²) in [5, 5.41) is 8.85. The normalized spacial score (nSPS) is 14.3. The fraction of sp³-hybridized carbons (Fsp3) is 0.385. The Kier molecular flexibility index (Phi) is 3.71. The summed E-state index contributed by atoms with van der Waals surface area (Å²) < 4.78 is 0.861. The van der Waals surface area contributed by atoms with Crippen molar-refractivity contribution in [1.29, 1.82) is 0 Å². The van der Waals surface area contributed by atoms with E-state index in [-0.39, 0.29) is 18.5 Å². The van der Waals surface area contributed by atoms with Crippen molar-refractivity contribution in [1.82, 2.24) is 4.90 Å². The molecule has 1 aromatic rings. The number of amides is 1. The van der Waals surface area contributed by atoms with Crippen molar-refractivity contribution in [2.24, 2.45) is 0 Å². The van der Waals surface area contributed by atoms with Crippen LogP contribution in [-0.2, 0) is 4.79 Å². The molecule has 1 aromatic carbocycles. The molecule has 0 bridgehead atoms. The van der Waals surface area contributed by atoms with Crippen LogP contribution in [0, 0.1) is 6.92 Å². The Bertz CT molecular complexity index is 497. The maximum atomic E-state index is 12.3. The van der Waals surface area contributed by atoms with E-state index in [0.29, 0.717) is 5.56 Å². The highest BCUT2D eigenvalue weighted by molar-refractivity contribution is 9.10. The van der Waals surface area contributed by atoms with Crippen LogP contribution in [0.25, 0.3) is 0 Å². The Balaban J connectivity index is 2.21. The third-order valence-electron chi connectivity index (χ3n) is 2.97. The van der Waals surface area contributed by atoms with Crippen molar-refractivity contribution >= 4 is 27.8 Å². The van der Waals surface area contributed by atoms with Crippen LogP contribution in [0.2, 0.25) is 0 Å². The zero-order chi connectivity index (χ0) is 13.3. The molecule has 96 valence electrons. The molecule has 0 radical (unpaired) electrons. The van der Waals surface area contributed by atoms with Gasteiger partial charge < -0.3 is 10.0 Å². The van der Waals surface area contributed by atoms with Crippen LogP contribution in [0.3, 0.4) is 0 Å². The molecule has 0 unspecified atom stereocenters. The van der Waals surface area contributed by atoms with E-state index in [1.807, 2.05) is 13.0 Å². The van der Waals surface area contributed by atoms with Crippen molar-refractivity contribution in [2.45, 2.75) is 25.8 Å².